The van der Waals surface area contributed by atoms with Gasteiger partial charge in [-0.2, -0.15) is 5.10 Å². The van der Waals surface area contributed by atoms with Crippen LogP contribution in [-0.4, -0.2) is 49.3 Å². The molecular weight excluding hydrogens is 402 g/mol. The van der Waals surface area contributed by atoms with Crippen molar-refractivity contribution in [2.75, 3.05) is 5.32 Å². The highest BCUT2D eigenvalue weighted by Gasteiger charge is 2.40. The molecule has 2 aliphatic rings. The molecule has 30 heavy (non-hydrogen) atoms. The van der Waals surface area contributed by atoms with Crippen LogP contribution in [0.2, 0.25) is 0 Å². The average Bonchev–Trinajstić information content (AvgIpc) is 3.45. The van der Waals surface area contributed by atoms with Gasteiger partial charge in [0.1, 0.15) is 0 Å². The van der Waals surface area contributed by atoms with Crippen LogP contribution in [0.5, 0.6) is 0 Å². The minimum Gasteiger partial charge on any atom is -0.465 e. The summed E-state index contributed by atoms with van der Waals surface area (Å²) in [4.78, 5) is 31.1. The molecule has 2 amide bonds. The van der Waals surface area contributed by atoms with E-state index < -0.39 is 6.09 Å². The average molecular weight is 432 g/mol. The smallest absolute Gasteiger partial charge is 0.407 e. The van der Waals surface area contributed by atoms with Crippen LogP contribution >= 0.6 is 11.3 Å². The molecule has 2 fully saturated rings. The Balaban J connectivity index is 1.36. The van der Waals surface area contributed by atoms with Crippen LogP contribution < -0.4 is 5.32 Å². The first-order chi connectivity index (χ1) is 14.4. The van der Waals surface area contributed by atoms with Crippen LogP contribution in [0, 0.1) is 12.8 Å². The van der Waals surface area contributed by atoms with Crippen molar-refractivity contribution < 1.29 is 14.7 Å². The number of carbonyl (C=O) groups excluding carboxylic acids is 1. The van der Waals surface area contributed by atoms with Crippen molar-refractivity contribution in [3.05, 3.63) is 27.8 Å². The predicted molar refractivity (Wildman–Crippen MR) is 115 cm³/mol. The van der Waals surface area contributed by atoms with E-state index in [2.05, 4.69) is 27.4 Å². The van der Waals surface area contributed by atoms with Crippen LogP contribution in [0.1, 0.15) is 66.9 Å². The Morgan fingerprint density at radius 1 is 1.33 bits per heavy atom. The number of carboxylic acid groups (broad SMARTS) is 1. The molecule has 0 aliphatic heterocycles. The number of nitrogens with one attached hydrogen (secondary N) is 2. The van der Waals surface area contributed by atoms with Crippen LogP contribution in [0.25, 0.3) is 0 Å². The topological polar surface area (TPSA) is 111 Å². The number of aromatic amines is 1. The fourth-order valence-corrected chi connectivity index (χ4v) is 5.84. The van der Waals surface area contributed by atoms with Gasteiger partial charge in [-0.05, 0) is 44.9 Å². The number of H-pyrrole nitrogens is 1. The SMILES string of the molecule is Cc1ncc(CC(=O)Nc2cc(C3CCC(N(C(=O)O)[C@@H]4CCC[C@@H]4C)C3)[nH]n2)s1. The van der Waals surface area contributed by atoms with Gasteiger partial charge in [-0.3, -0.25) is 9.89 Å². The van der Waals surface area contributed by atoms with E-state index >= 15 is 0 Å². The highest BCUT2D eigenvalue weighted by Crippen LogP contribution is 2.40. The molecule has 2 saturated carbocycles. The second kappa shape index (κ2) is 8.75. The van der Waals surface area contributed by atoms with Gasteiger partial charge in [0, 0.05) is 40.8 Å². The lowest BCUT2D eigenvalue weighted by molar-refractivity contribution is -0.115. The number of hydrogen-bond donors (Lipinski definition) is 3. The van der Waals surface area contributed by atoms with Gasteiger partial charge in [0.05, 0.1) is 11.4 Å². The molecule has 2 heterocycles. The summed E-state index contributed by atoms with van der Waals surface area (Å²) in [6, 6.07) is 2.07. The normalized spacial score (nSPS) is 26.1. The zero-order valence-electron chi connectivity index (χ0n) is 17.4. The Kier molecular flexibility index (Phi) is 6.08. The fourth-order valence-electron chi connectivity index (χ4n) is 5.04. The second-order valence-electron chi connectivity index (χ2n) is 8.61. The van der Waals surface area contributed by atoms with E-state index in [1.54, 1.807) is 11.1 Å². The molecule has 0 saturated heterocycles. The summed E-state index contributed by atoms with van der Waals surface area (Å²) in [6.07, 6.45) is 6.98. The molecule has 0 spiro atoms. The van der Waals surface area contributed by atoms with Crippen molar-refractivity contribution in [3.63, 3.8) is 0 Å². The number of rotatable bonds is 6. The van der Waals surface area contributed by atoms with Gasteiger partial charge in [0.2, 0.25) is 5.91 Å². The molecule has 9 heteroatoms. The minimum atomic E-state index is -0.796. The summed E-state index contributed by atoms with van der Waals surface area (Å²) in [6.45, 7) is 4.08. The fraction of sp³-hybridized carbons (Fsp3) is 0.619. The number of thiazole rings is 1. The Morgan fingerprint density at radius 2 is 2.17 bits per heavy atom. The Bertz CT molecular complexity index is 910. The van der Waals surface area contributed by atoms with Gasteiger partial charge in [0.15, 0.2) is 5.82 Å². The molecule has 162 valence electrons. The van der Waals surface area contributed by atoms with E-state index in [0.717, 1.165) is 54.1 Å². The number of aryl methyl sites for hydroxylation is 1. The molecule has 2 aromatic heterocycles. The monoisotopic (exact) mass is 431 g/mol. The number of anilines is 1. The summed E-state index contributed by atoms with van der Waals surface area (Å²) in [5.41, 5.74) is 0.964. The summed E-state index contributed by atoms with van der Waals surface area (Å²) in [7, 11) is 0. The maximum absolute atomic E-state index is 12.3. The Morgan fingerprint density at radius 3 is 2.83 bits per heavy atom. The third-order valence-electron chi connectivity index (χ3n) is 6.50. The second-order valence-corrected chi connectivity index (χ2v) is 9.93. The summed E-state index contributed by atoms with van der Waals surface area (Å²) in [5, 5.41) is 20.9. The van der Waals surface area contributed by atoms with Crippen LogP contribution in [0.3, 0.4) is 0 Å². The van der Waals surface area contributed by atoms with E-state index in [1.807, 2.05) is 13.0 Å². The van der Waals surface area contributed by atoms with Gasteiger partial charge < -0.3 is 15.3 Å². The summed E-state index contributed by atoms with van der Waals surface area (Å²) < 4.78 is 0. The van der Waals surface area contributed by atoms with E-state index in [4.69, 9.17) is 0 Å². The van der Waals surface area contributed by atoms with Gasteiger partial charge in [-0.15, -0.1) is 11.3 Å². The highest BCUT2D eigenvalue weighted by molar-refractivity contribution is 7.11. The first-order valence-corrected chi connectivity index (χ1v) is 11.5. The van der Waals surface area contributed by atoms with Gasteiger partial charge in [-0.25, -0.2) is 9.78 Å². The van der Waals surface area contributed by atoms with Crippen LogP contribution in [-0.2, 0) is 11.2 Å². The number of amides is 2. The van der Waals surface area contributed by atoms with E-state index in [0.29, 0.717) is 11.7 Å². The Labute approximate surface area is 180 Å². The molecule has 4 rings (SSSR count). The predicted octanol–water partition coefficient (Wildman–Crippen LogP) is 4.16. The van der Waals surface area contributed by atoms with Crippen molar-refractivity contribution in [2.45, 2.75) is 76.8 Å². The lowest BCUT2D eigenvalue weighted by Gasteiger charge is -2.34. The van der Waals surface area contributed by atoms with Crippen molar-refractivity contribution >= 4 is 29.2 Å². The molecule has 2 unspecified atom stereocenters. The lowest BCUT2D eigenvalue weighted by atomic mass is 10.0. The van der Waals surface area contributed by atoms with E-state index in [1.165, 1.54) is 11.3 Å². The van der Waals surface area contributed by atoms with Crippen molar-refractivity contribution in [3.8, 4) is 0 Å². The highest BCUT2D eigenvalue weighted by atomic mass is 32.1. The lowest BCUT2D eigenvalue weighted by Crippen LogP contribution is -2.46. The van der Waals surface area contributed by atoms with Crippen LogP contribution in [0.4, 0.5) is 10.6 Å². The zero-order chi connectivity index (χ0) is 21.3. The quantitative estimate of drug-likeness (QED) is 0.636. The molecule has 2 aliphatic carbocycles. The third-order valence-corrected chi connectivity index (χ3v) is 7.41. The van der Waals surface area contributed by atoms with E-state index in [-0.39, 0.29) is 30.3 Å². The molecule has 0 aromatic carbocycles. The molecule has 4 atom stereocenters. The van der Waals surface area contributed by atoms with Gasteiger partial charge in [0.25, 0.3) is 0 Å². The minimum absolute atomic E-state index is 0.0500. The third kappa shape index (κ3) is 4.50. The number of hydrogen-bond acceptors (Lipinski definition) is 5. The maximum Gasteiger partial charge on any atom is 0.407 e. The first kappa shape index (κ1) is 20.8. The Hall–Kier alpha value is -2.42. The molecular formula is C21H29N5O3S. The molecule has 2 aromatic rings. The zero-order valence-corrected chi connectivity index (χ0v) is 18.2. The van der Waals surface area contributed by atoms with E-state index in [9.17, 15) is 14.7 Å². The molecule has 0 bridgehead atoms. The van der Waals surface area contributed by atoms with Gasteiger partial charge >= 0.3 is 6.09 Å². The number of carbonyl (C=O) groups is 2. The summed E-state index contributed by atoms with van der Waals surface area (Å²) in [5.74, 6) is 1.06. The summed E-state index contributed by atoms with van der Waals surface area (Å²) >= 11 is 1.52. The standard InChI is InChI=1S/C21H29N5O3S/c1-12-4-3-5-18(12)26(21(28)29)15-7-6-14(8-15)17-10-19(25-24-17)23-20(27)9-16-11-22-13(2)30-16/h10-12,14-15,18H,3-9H2,1-2H3,(H,28,29)(H2,23,24,25,27)/t12-,14?,15?,18+/m0/s1. The van der Waals surface area contributed by atoms with Crippen molar-refractivity contribution in [2.24, 2.45) is 5.92 Å². The van der Waals surface area contributed by atoms with Crippen molar-refractivity contribution in [1.82, 2.24) is 20.1 Å². The van der Waals surface area contributed by atoms with Crippen molar-refractivity contribution in [1.29, 1.82) is 0 Å². The molecule has 8 nitrogen and oxygen atoms in total. The molecule has 0 radical (unpaired) electrons. The van der Waals surface area contributed by atoms with Crippen LogP contribution in [0.15, 0.2) is 12.3 Å². The first-order valence-electron chi connectivity index (χ1n) is 10.7. The largest absolute Gasteiger partial charge is 0.465 e. The number of aromatic nitrogens is 3. The molecule has 3 N–H and O–H groups in total. The number of nitrogens with zero attached hydrogens (tertiary/aromatic N) is 3. The maximum atomic E-state index is 12.3. The van der Waals surface area contributed by atoms with Gasteiger partial charge in [-0.1, -0.05) is 13.3 Å².